The van der Waals surface area contributed by atoms with Gasteiger partial charge in [0.2, 0.25) is 0 Å². The maximum absolute atomic E-state index is 2.47. The van der Waals surface area contributed by atoms with Crippen molar-refractivity contribution in [2.75, 3.05) is 0 Å². The summed E-state index contributed by atoms with van der Waals surface area (Å²) >= 11 is 0. The molecule has 1 aliphatic rings. The van der Waals surface area contributed by atoms with E-state index in [1.54, 1.807) is 5.56 Å². The Hall–Kier alpha value is -0.780. The molecule has 100 valence electrons. The van der Waals surface area contributed by atoms with Gasteiger partial charge in [0, 0.05) is 0 Å². The van der Waals surface area contributed by atoms with Crippen LogP contribution >= 0.6 is 0 Å². The van der Waals surface area contributed by atoms with E-state index in [0.29, 0.717) is 0 Å². The fraction of sp³-hybridized carbons (Fsp3) is 0.667. The molecule has 0 spiro atoms. The Kier molecular flexibility index (Phi) is 3.84. The quantitative estimate of drug-likeness (QED) is 0.659. The highest BCUT2D eigenvalue weighted by Gasteiger charge is 2.20. The lowest BCUT2D eigenvalue weighted by atomic mass is 9.80. The fourth-order valence-corrected chi connectivity index (χ4v) is 3.38. The Labute approximate surface area is 113 Å². The van der Waals surface area contributed by atoms with Gasteiger partial charge in [-0.25, -0.2) is 0 Å². The van der Waals surface area contributed by atoms with Crippen molar-refractivity contribution in [3.8, 4) is 0 Å². The average Bonchev–Trinajstić information content (AvgIpc) is 2.74. The molecule has 0 saturated heterocycles. The Bertz CT molecular complexity index is 414. The van der Waals surface area contributed by atoms with Crippen molar-refractivity contribution in [1.29, 1.82) is 0 Å². The monoisotopic (exact) mass is 244 g/mol. The van der Waals surface area contributed by atoms with Crippen LogP contribution in [0.4, 0.5) is 0 Å². The maximum atomic E-state index is 2.47. The molecule has 0 heteroatoms. The standard InChI is InChI=1S/C18H28/c1-13-10-16(11-15-8-6-7-9-15)12-17(14(13)2)18(3,4)5/h10,12,15H,6-9,11H2,1-5H3. The first-order chi connectivity index (χ1) is 8.38. The van der Waals surface area contributed by atoms with Crippen molar-refractivity contribution in [3.63, 3.8) is 0 Å². The van der Waals surface area contributed by atoms with E-state index in [1.807, 2.05) is 0 Å². The van der Waals surface area contributed by atoms with Crippen LogP contribution in [0.25, 0.3) is 0 Å². The fourth-order valence-electron chi connectivity index (χ4n) is 3.38. The minimum Gasteiger partial charge on any atom is -0.0561 e. The minimum atomic E-state index is 0.264. The van der Waals surface area contributed by atoms with E-state index >= 15 is 0 Å². The van der Waals surface area contributed by atoms with E-state index in [0.717, 1.165) is 5.92 Å². The summed E-state index contributed by atoms with van der Waals surface area (Å²) in [6.07, 6.45) is 7.07. The van der Waals surface area contributed by atoms with Gasteiger partial charge in [-0.2, -0.15) is 0 Å². The number of benzene rings is 1. The lowest BCUT2D eigenvalue weighted by Crippen LogP contribution is -2.15. The van der Waals surface area contributed by atoms with Crippen molar-refractivity contribution < 1.29 is 0 Å². The summed E-state index contributed by atoms with van der Waals surface area (Å²) in [5, 5.41) is 0. The molecule has 0 amide bonds. The van der Waals surface area contributed by atoms with E-state index in [-0.39, 0.29) is 5.41 Å². The van der Waals surface area contributed by atoms with E-state index in [2.05, 4.69) is 46.8 Å². The molecule has 0 unspecified atom stereocenters. The lowest BCUT2D eigenvalue weighted by Gasteiger charge is -2.24. The largest absolute Gasteiger partial charge is 0.0561 e. The molecule has 0 heterocycles. The third-order valence-electron chi connectivity index (χ3n) is 4.53. The van der Waals surface area contributed by atoms with Crippen molar-refractivity contribution in [1.82, 2.24) is 0 Å². The maximum Gasteiger partial charge on any atom is -0.0129 e. The van der Waals surface area contributed by atoms with Gasteiger partial charge in [0.1, 0.15) is 0 Å². The predicted octanol–water partition coefficient (Wildman–Crippen LogP) is 5.33. The highest BCUT2D eigenvalue weighted by atomic mass is 14.3. The van der Waals surface area contributed by atoms with E-state index in [4.69, 9.17) is 0 Å². The predicted molar refractivity (Wildman–Crippen MR) is 80.3 cm³/mol. The van der Waals surface area contributed by atoms with Crippen LogP contribution in [0.5, 0.6) is 0 Å². The molecule has 0 atom stereocenters. The highest BCUT2D eigenvalue weighted by molar-refractivity contribution is 5.41. The molecule has 1 aromatic rings. The van der Waals surface area contributed by atoms with E-state index in [9.17, 15) is 0 Å². The molecule has 1 aromatic carbocycles. The van der Waals surface area contributed by atoms with Crippen LogP contribution in [0, 0.1) is 19.8 Å². The molecular weight excluding hydrogens is 216 g/mol. The second kappa shape index (κ2) is 5.07. The summed E-state index contributed by atoms with van der Waals surface area (Å²) in [4.78, 5) is 0. The molecule has 0 radical (unpaired) electrons. The zero-order valence-corrected chi connectivity index (χ0v) is 12.8. The first-order valence-electron chi connectivity index (χ1n) is 7.48. The lowest BCUT2D eigenvalue weighted by molar-refractivity contribution is 0.542. The summed E-state index contributed by atoms with van der Waals surface area (Å²) in [5.74, 6) is 0.944. The van der Waals surface area contributed by atoms with Gasteiger partial charge in [0.05, 0.1) is 0 Å². The zero-order chi connectivity index (χ0) is 13.3. The van der Waals surface area contributed by atoms with E-state index < -0.39 is 0 Å². The molecule has 0 bridgehead atoms. The average molecular weight is 244 g/mol. The zero-order valence-electron chi connectivity index (χ0n) is 12.8. The molecule has 1 aliphatic carbocycles. The Morgan fingerprint density at radius 1 is 1.06 bits per heavy atom. The first kappa shape index (κ1) is 13.6. The number of rotatable bonds is 2. The van der Waals surface area contributed by atoms with Crippen molar-refractivity contribution in [3.05, 3.63) is 34.4 Å². The van der Waals surface area contributed by atoms with Crippen LogP contribution in [0.3, 0.4) is 0 Å². The smallest absolute Gasteiger partial charge is 0.0129 e. The van der Waals surface area contributed by atoms with Crippen LogP contribution < -0.4 is 0 Å². The van der Waals surface area contributed by atoms with E-state index in [1.165, 1.54) is 48.8 Å². The summed E-state index contributed by atoms with van der Waals surface area (Å²) < 4.78 is 0. The molecule has 0 aliphatic heterocycles. The van der Waals surface area contributed by atoms with Gasteiger partial charge < -0.3 is 0 Å². The number of hydrogen-bond acceptors (Lipinski definition) is 0. The van der Waals surface area contributed by atoms with Crippen LogP contribution in [0.15, 0.2) is 12.1 Å². The summed E-state index contributed by atoms with van der Waals surface area (Å²) in [6.45, 7) is 11.5. The Morgan fingerprint density at radius 2 is 1.67 bits per heavy atom. The summed E-state index contributed by atoms with van der Waals surface area (Å²) in [7, 11) is 0. The van der Waals surface area contributed by atoms with Crippen molar-refractivity contribution >= 4 is 0 Å². The Morgan fingerprint density at radius 3 is 2.22 bits per heavy atom. The molecular formula is C18H28. The van der Waals surface area contributed by atoms with Gasteiger partial charge in [0.25, 0.3) is 0 Å². The van der Waals surface area contributed by atoms with Crippen LogP contribution in [0.2, 0.25) is 0 Å². The van der Waals surface area contributed by atoms with Gasteiger partial charge in [-0.3, -0.25) is 0 Å². The third-order valence-corrected chi connectivity index (χ3v) is 4.53. The third kappa shape index (κ3) is 2.96. The molecule has 1 saturated carbocycles. The second-order valence-electron chi connectivity index (χ2n) is 7.19. The van der Waals surface area contributed by atoms with Gasteiger partial charge >= 0.3 is 0 Å². The highest BCUT2D eigenvalue weighted by Crippen LogP contribution is 2.32. The second-order valence-corrected chi connectivity index (χ2v) is 7.19. The van der Waals surface area contributed by atoms with Crippen molar-refractivity contribution in [2.45, 2.75) is 72.1 Å². The molecule has 0 nitrogen and oxygen atoms in total. The normalized spacial score (nSPS) is 17.4. The topological polar surface area (TPSA) is 0 Å². The van der Waals surface area contributed by atoms with Crippen molar-refractivity contribution in [2.24, 2.45) is 5.92 Å². The number of aryl methyl sites for hydroxylation is 1. The van der Waals surface area contributed by atoms with Gasteiger partial charge in [0.15, 0.2) is 0 Å². The Balaban J connectivity index is 2.28. The van der Waals surface area contributed by atoms with Crippen LogP contribution in [-0.4, -0.2) is 0 Å². The summed E-state index contributed by atoms with van der Waals surface area (Å²) in [6, 6.07) is 4.89. The van der Waals surface area contributed by atoms with Crippen LogP contribution in [-0.2, 0) is 11.8 Å². The summed E-state index contributed by atoms with van der Waals surface area (Å²) in [5.41, 5.74) is 6.32. The number of hydrogen-bond donors (Lipinski definition) is 0. The van der Waals surface area contributed by atoms with Gasteiger partial charge in [-0.1, -0.05) is 58.6 Å². The molecule has 0 aromatic heterocycles. The van der Waals surface area contributed by atoms with Crippen LogP contribution in [0.1, 0.15) is 68.7 Å². The first-order valence-corrected chi connectivity index (χ1v) is 7.48. The molecule has 1 fully saturated rings. The van der Waals surface area contributed by atoms with Gasteiger partial charge in [-0.15, -0.1) is 0 Å². The van der Waals surface area contributed by atoms with Gasteiger partial charge in [-0.05, 0) is 53.9 Å². The molecule has 0 N–H and O–H groups in total. The molecule has 2 rings (SSSR count). The SMILES string of the molecule is Cc1cc(CC2CCCC2)cc(C(C)(C)C)c1C. The minimum absolute atomic E-state index is 0.264. The molecule has 18 heavy (non-hydrogen) atoms.